The summed E-state index contributed by atoms with van der Waals surface area (Å²) in [4.78, 5) is 2.46. The van der Waals surface area contributed by atoms with Crippen molar-refractivity contribution in [2.75, 3.05) is 20.1 Å². The van der Waals surface area contributed by atoms with Crippen molar-refractivity contribution < 1.29 is 0 Å². The second kappa shape index (κ2) is 7.00. The van der Waals surface area contributed by atoms with Crippen molar-refractivity contribution in [3.63, 3.8) is 0 Å². The van der Waals surface area contributed by atoms with E-state index in [1.54, 1.807) is 5.57 Å². The number of hydrogen-bond donors (Lipinski definition) is 1. The van der Waals surface area contributed by atoms with E-state index in [0.717, 1.165) is 23.8 Å². The molecule has 2 unspecified atom stereocenters. The summed E-state index contributed by atoms with van der Waals surface area (Å²) < 4.78 is 1.31. The number of allylic oxidation sites excluding steroid dienone is 2. The normalized spacial score (nSPS) is 28.1. The van der Waals surface area contributed by atoms with Crippen molar-refractivity contribution in [1.29, 1.82) is 0 Å². The topological polar surface area (TPSA) is 15.3 Å². The van der Waals surface area contributed by atoms with E-state index in [9.17, 15) is 0 Å². The lowest BCUT2D eigenvalue weighted by molar-refractivity contribution is 0.187. The molecule has 24 heavy (non-hydrogen) atoms. The third-order valence-electron chi connectivity index (χ3n) is 5.90. The first-order valence-electron chi connectivity index (χ1n) is 8.91. The summed E-state index contributed by atoms with van der Waals surface area (Å²) in [5, 5.41) is 4.61. The average Bonchev–Trinajstić information content (AvgIpc) is 2.72. The van der Waals surface area contributed by atoms with Gasteiger partial charge in [-0.05, 0) is 109 Å². The Morgan fingerprint density at radius 1 is 1.21 bits per heavy atom. The molecule has 2 nitrogen and oxygen atoms in total. The number of halogens is 2. The lowest BCUT2D eigenvalue weighted by Crippen LogP contribution is -2.42. The van der Waals surface area contributed by atoms with E-state index in [-0.39, 0.29) is 0 Å². The molecule has 128 valence electrons. The summed E-state index contributed by atoms with van der Waals surface area (Å²) in [6.45, 7) is 2.42. The molecule has 1 N–H and O–H groups in total. The van der Waals surface area contributed by atoms with E-state index in [1.165, 1.54) is 40.6 Å². The summed E-state index contributed by atoms with van der Waals surface area (Å²) in [5.74, 6) is 1.30. The molecule has 1 aromatic carbocycles. The number of rotatable bonds is 1. The van der Waals surface area contributed by atoms with Crippen LogP contribution in [-0.2, 0) is 6.42 Å². The highest BCUT2D eigenvalue weighted by molar-refractivity contribution is 14.1. The molecule has 1 saturated heterocycles. The minimum Gasteiger partial charge on any atom is -0.383 e. The number of dihydropyridines is 1. The predicted molar refractivity (Wildman–Crippen MR) is 110 cm³/mol. The lowest BCUT2D eigenvalue weighted by atomic mass is 9.73. The van der Waals surface area contributed by atoms with Crippen LogP contribution in [-0.4, -0.2) is 31.1 Å². The molecule has 4 rings (SSSR count). The summed E-state index contributed by atoms with van der Waals surface area (Å²) in [6.07, 6.45) is 9.40. The van der Waals surface area contributed by atoms with Gasteiger partial charge < -0.3 is 10.2 Å². The van der Waals surface area contributed by atoms with Crippen molar-refractivity contribution in [2.45, 2.75) is 37.6 Å². The van der Waals surface area contributed by atoms with Crippen LogP contribution in [0.15, 0.2) is 39.6 Å². The zero-order valence-corrected chi connectivity index (χ0v) is 17.0. The van der Waals surface area contributed by atoms with Gasteiger partial charge in [-0.1, -0.05) is 17.7 Å². The number of likely N-dealkylation sites (tertiary alicyclic amines) is 1. The van der Waals surface area contributed by atoms with Crippen molar-refractivity contribution in [3.8, 4) is 0 Å². The van der Waals surface area contributed by atoms with Gasteiger partial charge in [-0.25, -0.2) is 0 Å². The molecule has 0 spiro atoms. The van der Waals surface area contributed by atoms with Crippen LogP contribution < -0.4 is 5.32 Å². The lowest BCUT2D eigenvalue weighted by Gasteiger charge is -2.40. The molecule has 0 radical (unpaired) electrons. The molecule has 4 heteroatoms. The Morgan fingerprint density at radius 3 is 2.79 bits per heavy atom. The smallest absolute Gasteiger partial charge is 0.0543 e. The first kappa shape index (κ1) is 16.9. The molecule has 0 amide bonds. The van der Waals surface area contributed by atoms with Gasteiger partial charge in [0.05, 0.1) is 6.04 Å². The molecule has 2 atom stereocenters. The maximum absolute atomic E-state index is 6.31. The summed E-state index contributed by atoms with van der Waals surface area (Å²) in [6, 6.07) is 7.03. The van der Waals surface area contributed by atoms with Crippen LogP contribution in [0, 0.1) is 5.92 Å². The monoisotopic (exact) mass is 454 g/mol. The Bertz CT molecular complexity index is 689. The average molecular weight is 455 g/mol. The van der Waals surface area contributed by atoms with Crippen LogP contribution in [0.1, 0.15) is 36.3 Å². The molecular formula is C20H24ClIN2. The SMILES string of the molecule is CN1CCC(C2c3ccc(Cl)cc3CCC3=CC(I)=CNC32)CC1. The molecule has 1 aliphatic carbocycles. The van der Waals surface area contributed by atoms with Crippen molar-refractivity contribution in [1.82, 2.24) is 10.2 Å². The summed E-state index contributed by atoms with van der Waals surface area (Å²) in [5.41, 5.74) is 4.55. The van der Waals surface area contributed by atoms with Crippen molar-refractivity contribution in [2.24, 2.45) is 5.92 Å². The highest BCUT2D eigenvalue weighted by Crippen LogP contribution is 2.44. The fourth-order valence-electron chi connectivity index (χ4n) is 4.64. The Kier molecular flexibility index (Phi) is 4.94. The third kappa shape index (κ3) is 3.27. The van der Waals surface area contributed by atoms with Crippen LogP contribution in [0.5, 0.6) is 0 Å². The fourth-order valence-corrected chi connectivity index (χ4v) is 5.41. The molecule has 0 bridgehead atoms. The second-order valence-corrected chi connectivity index (χ2v) is 9.08. The largest absolute Gasteiger partial charge is 0.383 e. The van der Waals surface area contributed by atoms with Gasteiger partial charge in [0.2, 0.25) is 0 Å². The maximum Gasteiger partial charge on any atom is 0.0543 e. The van der Waals surface area contributed by atoms with Gasteiger partial charge in [0.1, 0.15) is 0 Å². The number of aryl methyl sites for hydroxylation is 1. The van der Waals surface area contributed by atoms with Crippen LogP contribution >= 0.6 is 34.2 Å². The Hall–Kier alpha value is -0.520. The predicted octanol–water partition coefficient (Wildman–Crippen LogP) is 4.89. The number of hydrogen-bond acceptors (Lipinski definition) is 2. The highest BCUT2D eigenvalue weighted by atomic mass is 127. The molecule has 1 fully saturated rings. The Labute approximate surface area is 163 Å². The van der Waals surface area contributed by atoms with Gasteiger partial charge in [0, 0.05) is 20.7 Å². The van der Waals surface area contributed by atoms with Gasteiger partial charge >= 0.3 is 0 Å². The molecule has 1 aromatic rings. The number of nitrogens with zero attached hydrogens (tertiary/aromatic N) is 1. The van der Waals surface area contributed by atoms with E-state index in [0.29, 0.717) is 12.0 Å². The zero-order valence-electron chi connectivity index (χ0n) is 14.1. The van der Waals surface area contributed by atoms with Gasteiger partial charge in [0.15, 0.2) is 0 Å². The molecule has 0 aromatic heterocycles. The first-order chi connectivity index (χ1) is 11.6. The number of nitrogens with one attached hydrogen (secondary N) is 1. The van der Waals surface area contributed by atoms with E-state index >= 15 is 0 Å². The maximum atomic E-state index is 6.31. The van der Waals surface area contributed by atoms with Crippen LogP contribution in [0.2, 0.25) is 5.02 Å². The van der Waals surface area contributed by atoms with Crippen LogP contribution in [0.25, 0.3) is 0 Å². The second-order valence-electron chi connectivity index (χ2n) is 7.40. The summed E-state index contributed by atoms with van der Waals surface area (Å²) >= 11 is 8.73. The van der Waals surface area contributed by atoms with Crippen LogP contribution in [0.4, 0.5) is 0 Å². The van der Waals surface area contributed by atoms with E-state index in [4.69, 9.17) is 11.6 Å². The fraction of sp³-hybridized carbons (Fsp3) is 0.500. The number of benzene rings is 1. The van der Waals surface area contributed by atoms with Gasteiger partial charge in [-0.15, -0.1) is 0 Å². The van der Waals surface area contributed by atoms with Gasteiger partial charge in [-0.3, -0.25) is 0 Å². The van der Waals surface area contributed by atoms with E-state index < -0.39 is 0 Å². The highest BCUT2D eigenvalue weighted by Gasteiger charge is 2.37. The van der Waals surface area contributed by atoms with E-state index in [2.05, 4.69) is 70.3 Å². The van der Waals surface area contributed by atoms with Gasteiger partial charge in [-0.2, -0.15) is 0 Å². The summed E-state index contributed by atoms with van der Waals surface area (Å²) in [7, 11) is 2.24. The van der Waals surface area contributed by atoms with Gasteiger partial charge in [0.25, 0.3) is 0 Å². The minimum atomic E-state index is 0.444. The molecule has 0 saturated carbocycles. The zero-order chi connectivity index (χ0) is 16.7. The van der Waals surface area contributed by atoms with Crippen molar-refractivity contribution >= 4 is 34.2 Å². The first-order valence-corrected chi connectivity index (χ1v) is 10.4. The van der Waals surface area contributed by atoms with Crippen LogP contribution in [0.3, 0.4) is 0 Å². The number of fused-ring (bicyclic) bond motifs is 2. The molecule has 3 aliphatic rings. The third-order valence-corrected chi connectivity index (χ3v) is 6.76. The molecule has 2 aliphatic heterocycles. The molecular weight excluding hydrogens is 431 g/mol. The Morgan fingerprint density at radius 2 is 2.00 bits per heavy atom. The molecule has 2 heterocycles. The van der Waals surface area contributed by atoms with E-state index in [1.807, 2.05) is 0 Å². The standard InChI is InChI=1S/C20H24ClIN2/c1-24-8-6-13(7-9-24)19-18-5-4-16(21)10-14(18)2-3-15-11-17(22)12-23-20(15)19/h4-5,10-13,19-20,23H,2-3,6-9H2,1H3. The quantitative estimate of drug-likeness (QED) is 0.608. The van der Waals surface area contributed by atoms with Crippen molar-refractivity contribution in [3.05, 3.63) is 55.8 Å². The Balaban J connectivity index is 1.75. The number of piperidine rings is 1. The minimum absolute atomic E-state index is 0.444.